The van der Waals surface area contributed by atoms with Crippen molar-refractivity contribution in [3.8, 4) is 5.75 Å². The van der Waals surface area contributed by atoms with Crippen LogP contribution in [0, 0.1) is 17.8 Å². The van der Waals surface area contributed by atoms with Gasteiger partial charge >= 0.3 is 11.9 Å². The molecule has 3 rings (SSSR count). The number of esters is 2. The van der Waals surface area contributed by atoms with E-state index in [1.165, 1.54) is 48.4 Å². The van der Waals surface area contributed by atoms with Crippen LogP contribution < -0.4 is 16.1 Å². The maximum atomic E-state index is 14.3. The number of ketones is 1. The molecular weight excluding hydrogens is 761 g/mol. The number of hydrogen-bond acceptors (Lipinski definition) is 12. The highest BCUT2D eigenvalue weighted by molar-refractivity contribution is 5.93. The Kier molecular flexibility index (Phi) is 19.4. The number of aliphatic hydroxyl groups excluding tert-OH is 2. The van der Waals surface area contributed by atoms with Gasteiger partial charge in [-0.2, -0.15) is 0 Å². The average molecular weight is 821 g/mol. The smallest absolute Gasteiger partial charge is 0.331 e. The van der Waals surface area contributed by atoms with Gasteiger partial charge in [-0.1, -0.05) is 82.0 Å². The summed E-state index contributed by atoms with van der Waals surface area (Å²) in [7, 11) is 0. The Bertz CT molecular complexity index is 1770. The number of Topliss-reactive ketones (excluding diaryl/α,β-unsaturated/α-hetero) is 1. The highest BCUT2D eigenvalue weighted by Crippen LogP contribution is 2.24. The van der Waals surface area contributed by atoms with Crippen LogP contribution in [-0.4, -0.2) is 105 Å². The number of fused-ring (bicyclic) bond motifs is 2. The van der Waals surface area contributed by atoms with Gasteiger partial charge in [0, 0.05) is 37.8 Å². The summed E-state index contributed by atoms with van der Waals surface area (Å²) < 4.78 is 11.0. The molecule has 15 heteroatoms. The first-order chi connectivity index (χ1) is 28.0. The lowest BCUT2D eigenvalue weighted by Gasteiger charge is -2.36. The molecule has 1 saturated heterocycles. The van der Waals surface area contributed by atoms with Gasteiger partial charge in [0.2, 0.25) is 11.8 Å². The summed E-state index contributed by atoms with van der Waals surface area (Å²) >= 11 is 0. The zero-order valence-electron chi connectivity index (χ0n) is 34.5. The van der Waals surface area contributed by atoms with E-state index in [4.69, 9.17) is 9.47 Å². The first-order valence-electron chi connectivity index (χ1n) is 20.0. The Morgan fingerprint density at radius 2 is 1.83 bits per heavy atom. The third kappa shape index (κ3) is 15.4. The van der Waals surface area contributed by atoms with Crippen molar-refractivity contribution < 1.29 is 53.6 Å². The molecule has 322 valence electrons. The van der Waals surface area contributed by atoms with E-state index < -0.39 is 83.9 Å². The highest BCUT2D eigenvalue weighted by Gasteiger charge is 2.38. The minimum absolute atomic E-state index is 0.0335. The Hall–Kier alpha value is -5.38. The number of ether oxygens (including phenoxy) is 2. The summed E-state index contributed by atoms with van der Waals surface area (Å²) in [6.07, 6.45) is 9.39. The van der Waals surface area contributed by atoms with Crippen LogP contribution in [0.25, 0.3) is 0 Å². The molecular formula is C44H60N4O11. The van der Waals surface area contributed by atoms with E-state index >= 15 is 0 Å². The Labute approximate surface area is 346 Å². The van der Waals surface area contributed by atoms with Crippen molar-refractivity contribution in [1.82, 2.24) is 21.1 Å². The Morgan fingerprint density at radius 3 is 2.51 bits per heavy atom. The van der Waals surface area contributed by atoms with Gasteiger partial charge in [-0.3, -0.25) is 24.2 Å². The van der Waals surface area contributed by atoms with Crippen molar-refractivity contribution in [2.75, 3.05) is 13.2 Å². The molecule has 2 bridgehead atoms. The molecule has 0 radical (unpaired) electrons. The fourth-order valence-electron chi connectivity index (χ4n) is 6.62. The normalized spacial score (nSPS) is 27.0. The molecule has 1 aromatic carbocycles. The predicted octanol–water partition coefficient (Wildman–Crippen LogP) is 3.06. The van der Waals surface area contributed by atoms with Crippen LogP contribution in [0.5, 0.6) is 5.75 Å². The van der Waals surface area contributed by atoms with E-state index in [0.29, 0.717) is 24.0 Å². The van der Waals surface area contributed by atoms with Crippen LogP contribution in [0.1, 0.15) is 72.3 Å². The molecule has 1 fully saturated rings. The standard InChI is InChI=1S/C44H60N4O11/c1-7-24-58-38(52)20-11-14-28(4)37-19-10-8-9-18-36(51)30(6)40(53)33(22-21-29(5)49)41(54)46-39(27(2)3)42(55)45-35(26-31-15-12-16-32(50)25-31)43(56)48-23-13-17-34(47-48)44(57)59-37/h7-12,14-16,18,20,25,27,30,33-37,39-40,47,50-51,53H,1,13,17,19,21-24,26H2,2-6H3,(H,45,55)(H,46,54)/t30-,33+,34?,35-,36-,37-,39-,40+/m0/s1. The third-order valence-corrected chi connectivity index (χ3v) is 10.2. The molecule has 6 N–H and O–H groups in total. The number of carbonyl (C=O) groups is 6. The van der Waals surface area contributed by atoms with Crippen molar-refractivity contribution >= 4 is 35.4 Å². The molecule has 2 aliphatic heterocycles. The van der Waals surface area contributed by atoms with Gasteiger partial charge in [0.25, 0.3) is 5.91 Å². The number of phenols is 1. The van der Waals surface area contributed by atoms with Gasteiger partial charge in [-0.05, 0) is 62.3 Å². The molecule has 2 aliphatic rings. The number of nitrogens with one attached hydrogen (secondary N) is 3. The lowest BCUT2D eigenvalue weighted by Crippen LogP contribution is -2.62. The summed E-state index contributed by atoms with van der Waals surface area (Å²) in [5, 5.41) is 39.5. The number of cyclic esters (lactones) is 1. The van der Waals surface area contributed by atoms with Gasteiger partial charge in [-0.15, -0.1) is 0 Å². The first kappa shape index (κ1) is 48.0. The quantitative estimate of drug-likeness (QED) is 0.0822. The maximum Gasteiger partial charge on any atom is 0.331 e. The van der Waals surface area contributed by atoms with Crippen molar-refractivity contribution in [2.45, 2.75) is 110 Å². The summed E-state index contributed by atoms with van der Waals surface area (Å²) in [6, 6.07) is 2.86. The number of hydrogen-bond donors (Lipinski definition) is 6. The number of amides is 3. The molecule has 15 nitrogen and oxygen atoms in total. The van der Waals surface area contributed by atoms with Crippen LogP contribution in [0.4, 0.5) is 0 Å². The molecule has 0 spiro atoms. The van der Waals surface area contributed by atoms with E-state index in [2.05, 4.69) is 22.6 Å². The molecule has 1 unspecified atom stereocenters. The fraction of sp³-hybridized carbons (Fsp3) is 0.500. The van der Waals surface area contributed by atoms with Crippen LogP contribution in [-0.2, 0) is 44.7 Å². The van der Waals surface area contributed by atoms with Gasteiger partial charge in [-0.25, -0.2) is 10.2 Å². The Balaban J connectivity index is 2.07. The molecule has 0 aromatic heterocycles. The lowest BCUT2D eigenvalue weighted by molar-refractivity contribution is -0.156. The second kappa shape index (κ2) is 23.9. The number of aromatic hydroxyl groups is 1. The molecule has 1 aromatic rings. The van der Waals surface area contributed by atoms with Crippen molar-refractivity contribution in [3.63, 3.8) is 0 Å². The molecule has 3 amide bonds. The minimum Gasteiger partial charge on any atom is -0.508 e. The summed E-state index contributed by atoms with van der Waals surface area (Å²) in [5.74, 6) is -6.03. The first-order valence-corrected chi connectivity index (χ1v) is 20.0. The zero-order chi connectivity index (χ0) is 43.6. The van der Waals surface area contributed by atoms with E-state index in [1.807, 2.05) is 0 Å². The lowest BCUT2D eigenvalue weighted by atomic mass is 9.84. The van der Waals surface area contributed by atoms with Crippen LogP contribution in [0.15, 0.2) is 85.0 Å². The summed E-state index contributed by atoms with van der Waals surface area (Å²) in [5.41, 5.74) is 4.09. The summed E-state index contributed by atoms with van der Waals surface area (Å²) in [6.45, 7) is 11.8. The van der Waals surface area contributed by atoms with Gasteiger partial charge < -0.3 is 40.2 Å². The molecule has 0 aliphatic carbocycles. The predicted molar refractivity (Wildman–Crippen MR) is 220 cm³/mol. The number of carbonyl (C=O) groups excluding carboxylic acids is 6. The second-order valence-electron chi connectivity index (χ2n) is 15.3. The van der Waals surface area contributed by atoms with E-state index in [-0.39, 0.29) is 50.4 Å². The van der Waals surface area contributed by atoms with Crippen LogP contribution >= 0.6 is 0 Å². The van der Waals surface area contributed by atoms with Gasteiger partial charge in [0.15, 0.2) is 0 Å². The summed E-state index contributed by atoms with van der Waals surface area (Å²) in [4.78, 5) is 80.0. The van der Waals surface area contributed by atoms with E-state index in [9.17, 15) is 44.1 Å². The number of aliphatic hydroxyl groups is 2. The Morgan fingerprint density at radius 1 is 1.08 bits per heavy atom. The van der Waals surface area contributed by atoms with E-state index in [1.54, 1.807) is 64.1 Å². The minimum atomic E-state index is -1.43. The largest absolute Gasteiger partial charge is 0.508 e. The monoisotopic (exact) mass is 820 g/mol. The zero-order valence-corrected chi connectivity index (χ0v) is 34.5. The SMILES string of the molecule is C=CCOC(=O)C=CC=C(C)[C@@H]1CC=CC=C[C@H](O)[C@H](C)[C@@H](O)[C@@H](CCC(C)=O)C(=O)N[C@@H](C(C)C)C(=O)N[C@@H](Cc2cccc(O)c2)C(=O)N2CCCC(N2)C(=O)O1. The number of hydrazine groups is 1. The van der Waals surface area contributed by atoms with Gasteiger partial charge in [0.1, 0.15) is 42.4 Å². The topological polar surface area (TPSA) is 221 Å². The van der Waals surface area contributed by atoms with Crippen molar-refractivity contribution in [1.29, 1.82) is 0 Å². The molecule has 8 atom stereocenters. The van der Waals surface area contributed by atoms with Crippen LogP contribution in [0.3, 0.4) is 0 Å². The fourth-order valence-corrected chi connectivity index (χ4v) is 6.62. The number of phenolic OH excluding ortho intramolecular Hbond substituents is 1. The number of allylic oxidation sites excluding steroid dienone is 4. The van der Waals surface area contributed by atoms with Crippen molar-refractivity contribution in [3.05, 3.63) is 90.6 Å². The highest BCUT2D eigenvalue weighted by atomic mass is 16.5. The number of nitrogens with zero attached hydrogens (tertiary/aromatic N) is 1. The average Bonchev–Trinajstić information content (AvgIpc) is 3.19. The molecule has 0 saturated carbocycles. The third-order valence-electron chi connectivity index (χ3n) is 10.2. The number of benzene rings is 1. The van der Waals surface area contributed by atoms with E-state index in [0.717, 1.165) is 0 Å². The van der Waals surface area contributed by atoms with Gasteiger partial charge in [0.05, 0.1) is 18.1 Å². The molecule has 59 heavy (non-hydrogen) atoms. The molecule has 2 heterocycles. The maximum absolute atomic E-state index is 14.3. The van der Waals surface area contributed by atoms with Crippen molar-refractivity contribution in [2.24, 2.45) is 17.8 Å². The number of rotatable bonds is 11. The van der Waals surface area contributed by atoms with Crippen LogP contribution in [0.2, 0.25) is 0 Å². The second-order valence-corrected chi connectivity index (χ2v) is 15.3.